The third-order valence-electron chi connectivity index (χ3n) is 3.31. The first-order valence-corrected chi connectivity index (χ1v) is 6.19. The Morgan fingerprint density at radius 1 is 1.05 bits per heavy atom. The van der Waals surface area contributed by atoms with E-state index in [0.29, 0.717) is 0 Å². The van der Waals surface area contributed by atoms with Crippen molar-refractivity contribution in [3.8, 4) is 0 Å². The molecule has 2 aromatic carbocycles. The van der Waals surface area contributed by atoms with Gasteiger partial charge in [-0.05, 0) is 35.2 Å². The number of fused-ring (bicyclic) bond motifs is 1. The molecule has 2 aromatic rings. The van der Waals surface area contributed by atoms with Crippen molar-refractivity contribution < 1.29 is 13.2 Å². The molecule has 0 bridgehead atoms. The van der Waals surface area contributed by atoms with Crippen LogP contribution < -0.4 is 5.73 Å². The van der Waals surface area contributed by atoms with E-state index in [1.165, 1.54) is 0 Å². The van der Waals surface area contributed by atoms with Crippen molar-refractivity contribution in [2.24, 2.45) is 5.73 Å². The van der Waals surface area contributed by atoms with Crippen LogP contribution in [-0.2, 0) is 0 Å². The topological polar surface area (TPSA) is 26.0 Å². The van der Waals surface area contributed by atoms with Crippen LogP contribution in [0.5, 0.6) is 0 Å². The van der Waals surface area contributed by atoms with Gasteiger partial charge in [0.2, 0.25) is 0 Å². The zero-order valence-corrected chi connectivity index (χ0v) is 11.9. The monoisotopic (exact) mass is 303 g/mol. The van der Waals surface area contributed by atoms with Crippen LogP contribution in [0.3, 0.4) is 0 Å². The van der Waals surface area contributed by atoms with Crippen molar-refractivity contribution >= 4 is 23.2 Å². The number of nitrogens with two attached hydrogens (primary N) is 1. The molecular weight excluding hydrogens is 287 g/mol. The van der Waals surface area contributed by atoms with E-state index in [-0.39, 0.29) is 18.8 Å². The molecule has 0 radical (unpaired) electrons. The van der Waals surface area contributed by atoms with Crippen molar-refractivity contribution in [1.29, 1.82) is 0 Å². The zero-order chi connectivity index (χ0) is 14.0. The predicted octanol–water partition coefficient (Wildman–Crippen LogP) is 4.91. The fourth-order valence-electron chi connectivity index (χ4n) is 2.27. The molecule has 1 atom stereocenters. The first-order chi connectivity index (χ1) is 8.88. The Morgan fingerprint density at radius 3 is 2.25 bits per heavy atom. The molecule has 1 nitrogen and oxygen atoms in total. The van der Waals surface area contributed by atoms with Gasteiger partial charge in [-0.3, -0.25) is 0 Å². The number of hydrogen-bond acceptors (Lipinski definition) is 1. The molecule has 0 aromatic heterocycles. The van der Waals surface area contributed by atoms with E-state index in [4.69, 9.17) is 5.73 Å². The number of alkyl halides is 3. The van der Waals surface area contributed by atoms with Crippen LogP contribution in [0.4, 0.5) is 13.2 Å². The lowest BCUT2D eigenvalue weighted by molar-refractivity contribution is -0.136. The number of aryl methyl sites for hydroxylation is 1. The van der Waals surface area contributed by atoms with Gasteiger partial charge in [-0.15, -0.1) is 12.4 Å². The van der Waals surface area contributed by atoms with E-state index in [9.17, 15) is 13.2 Å². The standard InChI is InChI=1S/C15H16F3N.ClH/c1-10-6-7-13(12-5-3-2-4-11(10)12)14(19)8-9-15(16,17)18;/h2-7,14H,8-9,19H2,1H3;1H/t14-;/m1./s1. The molecule has 0 saturated heterocycles. The van der Waals surface area contributed by atoms with Crippen molar-refractivity contribution in [3.63, 3.8) is 0 Å². The van der Waals surface area contributed by atoms with E-state index >= 15 is 0 Å². The van der Waals surface area contributed by atoms with E-state index < -0.39 is 18.6 Å². The molecule has 20 heavy (non-hydrogen) atoms. The van der Waals surface area contributed by atoms with Gasteiger partial charge in [0.25, 0.3) is 0 Å². The minimum Gasteiger partial charge on any atom is -0.324 e. The predicted molar refractivity (Wildman–Crippen MR) is 78.2 cm³/mol. The summed E-state index contributed by atoms with van der Waals surface area (Å²) < 4.78 is 36.8. The van der Waals surface area contributed by atoms with E-state index in [0.717, 1.165) is 21.9 Å². The lowest BCUT2D eigenvalue weighted by Crippen LogP contribution is -2.16. The average molecular weight is 304 g/mol. The van der Waals surface area contributed by atoms with Gasteiger partial charge in [0, 0.05) is 12.5 Å². The Morgan fingerprint density at radius 2 is 1.65 bits per heavy atom. The van der Waals surface area contributed by atoms with Crippen LogP contribution >= 0.6 is 12.4 Å². The Bertz CT molecular complexity index is 581. The summed E-state index contributed by atoms with van der Waals surface area (Å²) >= 11 is 0. The highest BCUT2D eigenvalue weighted by Gasteiger charge is 2.28. The molecule has 0 spiro atoms. The maximum atomic E-state index is 12.3. The maximum Gasteiger partial charge on any atom is 0.389 e. The van der Waals surface area contributed by atoms with Crippen molar-refractivity contribution in [2.75, 3.05) is 0 Å². The number of hydrogen-bond donors (Lipinski definition) is 1. The summed E-state index contributed by atoms with van der Waals surface area (Å²) in [5.41, 5.74) is 7.80. The minimum atomic E-state index is -4.15. The summed E-state index contributed by atoms with van der Waals surface area (Å²) in [5, 5.41) is 1.99. The molecule has 0 heterocycles. The van der Waals surface area contributed by atoms with Gasteiger partial charge in [0.05, 0.1) is 0 Å². The molecule has 0 aliphatic heterocycles. The van der Waals surface area contributed by atoms with Gasteiger partial charge in [0.15, 0.2) is 0 Å². The first kappa shape index (κ1) is 16.8. The second-order valence-electron chi connectivity index (χ2n) is 4.78. The van der Waals surface area contributed by atoms with E-state index in [1.807, 2.05) is 43.3 Å². The highest BCUT2D eigenvalue weighted by atomic mass is 35.5. The van der Waals surface area contributed by atoms with E-state index in [1.54, 1.807) is 0 Å². The summed E-state index contributed by atoms with van der Waals surface area (Å²) in [5.74, 6) is 0. The molecule has 0 aliphatic rings. The highest BCUT2D eigenvalue weighted by molar-refractivity contribution is 5.88. The van der Waals surface area contributed by atoms with Crippen LogP contribution in [0.15, 0.2) is 36.4 Å². The Balaban J connectivity index is 0.00000200. The van der Waals surface area contributed by atoms with Crippen LogP contribution in [0.2, 0.25) is 0 Å². The zero-order valence-electron chi connectivity index (χ0n) is 11.1. The largest absolute Gasteiger partial charge is 0.389 e. The summed E-state index contributed by atoms with van der Waals surface area (Å²) in [6, 6.07) is 10.8. The molecule has 110 valence electrons. The summed E-state index contributed by atoms with van der Waals surface area (Å²) in [7, 11) is 0. The lowest BCUT2D eigenvalue weighted by Gasteiger charge is -2.16. The molecule has 2 N–H and O–H groups in total. The molecule has 0 unspecified atom stereocenters. The second kappa shape index (κ2) is 6.46. The molecule has 0 saturated carbocycles. The van der Waals surface area contributed by atoms with Crippen LogP contribution in [0, 0.1) is 6.92 Å². The molecular formula is C15H17ClF3N. The summed E-state index contributed by atoms with van der Waals surface area (Å²) in [4.78, 5) is 0. The fourth-order valence-corrected chi connectivity index (χ4v) is 2.27. The lowest BCUT2D eigenvalue weighted by atomic mass is 9.94. The smallest absolute Gasteiger partial charge is 0.324 e. The second-order valence-corrected chi connectivity index (χ2v) is 4.78. The highest BCUT2D eigenvalue weighted by Crippen LogP contribution is 2.31. The molecule has 2 rings (SSSR count). The van der Waals surface area contributed by atoms with Crippen LogP contribution in [-0.4, -0.2) is 6.18 Å². The average Bonchev–Trinajstić information content (AvgIpc) is 2.36. The Labute approximate surface area is 122 Å². The molecule has 0 aliphatic carbocycles. The minimum absolute atomic E-state index is 0. The number of halogens is 4. The van der Waals surface area contributed by atoms with Gasteiger partial charge < -0.3 is 5.73 Å². The molecule has 0 amide bonds. The third kappa shape index (κ3) is 3.87. The van der Waals surface area contributed by atoms with Gasteiger partial charge >= 0.3 is 6.18 Å². The SMILES string of the molecule is Cc1ccc([C@H](N)CCC(F)(F)F)c2ccccc12.Cl. The van der Waals surface area contributed by atoms with Crippen molar-refractivity contribution in [1.82, 2.24) is 0 Å². The third-order valence-corrected chi connectivity index (χ3v) is 3.31. The molecule has 5 heteroatoms. The Hall–Kier alpha value is -1.26. The fraction of sp³-hybridized carbons (Fsp3) is 0.333. The first-order valence-electron chi connectivity index (χ1n) is 6.19. The van der Waals surface area contributed by atoms with Crippen molar-refractivity contribution in [3.05, 3.63) is 47.5 Å². The van der Waals surface area contributed by atoms with Crippen molar-refractivity contribution in [2.45, 2.75) is 32.0 Å². The van der Waals surface area contributed by atoms with Crippen LogP contribution in [0.25, 0.3) is 10.8 Å². The molecule has 0 fully saturated rings. The van der Waals surface area contributed by atoms with E-state index in [2.05, 4.69) is 0 Å². The quantitative estimate of drug-likeness (QED) is 0.856. The number of benzene rings is 2. The normalized spacial score (nSPS) is 13.1. The van der Waals surface area contributed by atoms with Gasteiger partial charge in [-0.2, -0.15) is 13.2 Å². The summed E-state index contributed by atoms with van der Waals surface area (Å²) in [6.07, 6.45) is -5.09. The Kier molecular flexibility index (Phi) is 5.42. The summed E-state index contributed by atoms with van der Waals surface area (Å²) in [6.45, 7) is 1.98. The maximum absolute atomic E-state index is 12.3. The van der Waals surface area contributed by atoms with Gasteiger partial charge in [-0.1, -0.05) is 36.4 Å². The number of rotatable bonds is 3. The van der Waals surface area contributed by atoms with Crippen LogP contribution in [0.1, 0.15) is 30.0 Å². The van der Waals surface area contributed by atoms with Gasteiger partial charge in [0.1, 0.15) is 0 Å². The van der Waals surface area contributed by atoms with Gasteiger partial charge in [-0.25, -0.2) is 0 Å².